The first kappa shape index (κ1) is 22.1. The monoisotopic (exact) mass is 473 g/mol. The van der Waals surface area contributed by atoms with E-state index in [1.165, 1.54) is 6.07 Å². The number of benzene rings is 3. The molecule has 1 aliphatic rings. The maximum Gasteiger partial charge on any atom is 0.296 e. The van der Waals surface area contributed by atoms with Gasteiger partial charge in [-0.15, -0.1) is 0 Å². The molecule has 6 nitrogen and oxygen atoms in total. The summed E-state index contributed by atoms with van der Waals surface area (Å²) in [5.41, 5.74) is 4.49. The quantitative estimate of drug-likeness (QED) is 0.376. The van der Waals surface area contributed by atoms with Crippen molar-refractivity contribution in [2.45, 2.75) is 20.8 Å². The Hall–Kier alpha value is -3.70. The molecule has 172 valence electrons. The minimum absolute atomic E-state index is 0.275. The van der Waals surface area contributed by atoms with Crippen LogP contribution in [0.5, 0.6) is 0 Å². The lowest BCUT2D eigenvalue weighted by molar-refractivity contribution is 0.552. The third-order valence-corrected chi connectivity index (χ3v) is 8.95. The summed E-state index contributed by atoms with van der Waals surface area (Å²) in [6, 6.07) is 21.8. The lowest BCUT2D eigenvalue weighted by atomic mass is 10.1. The highest BCUT2D eigenvalue weighted by atomic mass is 31.2. The van der Waals surface area contributed by atoms with Crippen molar-refractivity contribution in [1.82, 2.24) is 14.5 Å². The summed E-state index contributed by atoms with van der Waals surface area (Å²) in [6.07, 6.45) is 0. The van der Waals surface area contributed by atoms with Gasteiger partial charge >= 0.3 is 0 Å². The molecule has 0 aliphatic carbocycles. The van der Waals surface area contributed by atoms with Crippen molar-refractivity contribution < 1.29 is 8.96 Å². The number of aromatic nitrogens is 2. The molecule has 1 aliphatic heterocycles. The highest BCUT2D eigenvalue weighted by molar-refractivity contribution is 7.72. The third kappa shape index (κ3) is 3.44. The van der Waals surface area contributed by atoms with Crippen LogP contribution in [-0.2, 0) is 4.57 Å². The van der Waals surface area contributed by atoms with Crippen LogP contribution in [-0.4, -0.2) is 27.3 Å². The number of aryl methyl sites for hydroxylation is 2. The predicted molar refractivity (Wildman–Crippen MR) is 135 cm³/mol. The number of nitrogens with zero attached hydrogens (tertiary/aromatic N) is 4. The summed E-state index contributed by atoms with van der Waals surface area (Å²) in [4.78, 5) is 4.82. The van der Waals surface area contributed by atoms with Gasteiger partial charge in [-0.25, -0.2) is 14.1 Å². The fourth-order valence-corrected chi connectivity index (χ4v) is 6.66. The smallest absolute Gasteiger partial charge is 0.296 e. The zero-order valence-corrected chi connectivity index (χ0v) is 20.3. The molecule has 1 atom stereocenters. The maximum atomic E-state index is 14.9. The Morgan fingerprint density at radius 3 is 2.35 bits per heavy atom. The van der Waals surface area contributed by atoms with Crippen LogP contribution in [0.15, 0.2) is 77.8 Å². The van der Waals surface area contributed by atoms with Gasteiger partial charge in [-0.1, -0.05) is 42.5 Å². The number of rotatable bonds is 4. The Morgan fingerprint density at radius 1 is 0.912 bits per heavy atom. The summed E-state index contributed by atoms with van der Waals surface area (Å²) in [5.74, 6) is 0.280. The first-order valence-corrected chi connectivity index (χ1v) is 12.6. The standard InChI is InChI=1S/C26H25FN5OP/c1-17-11-10-16-23(18(17)2)30-34(33)24-19(3)29-32(20-12-6-5-7-13-20)26(24)28-25(31(34)4)21-14-8-9-15-22(21)27/h5-16H,1-4H3,(H,30,33). The van der Waals surface area contributed by atoms with Crippen LogP contribution in [0.2, 0.25) is 0 Å². The molecule has 0 spiro atoms. The maximum absolute atomic E-state index is 14.9. The van der Waals surface area contributed by atoms with Crippen molar-refractivity contribution in [2.75, 3.05) is 12.1 Å². The zero-order valence-electron chi connectivity index (χ0n) is 19.5. The second-order valence-electron chi connectivity index (χ2n) is 8.38. The van der Waals surface area contributed by atoms with Gasteiger partial charge in [0.05, 0.1) is 16.9 Å². The van der Waals surface area contributed by atoms with Crippen molar-refractivity contribution >= 4 is 30.1 Å². The highest BCUT2D eigenvalue weighted by Gasteiger charge is 2.44. The highest BCUT2D eigenvalue weighted by Crippen LogP contribution is 2.54. The van der Waals surface area contributed by atoms with Gasteiger partial charge in [-0.2, -0.15) is 5.10 Å². The number of anilines is 1. The van der Waals surface area contributed by atoms with Gasteiger partial charge in [-0.3, -0.25) is 9.24 Å². The normalized spacial score (nSPS) is 17.3. The molecule has 34 heavy (non-hydrogen) atoms. The van der Waals surface area contributed by atoms with Gasteiger partial charge < -0.3 is 5.09 Å². The number of halogens is 1. The molecule has 0 amide bonds. The van der Waals surface area contributed by atoms with Crippen LogP contribution in [0.3, 0.4) is 0 Å². The molecule has 1 unspecified atom stereocenters. The first-order valence-electron chi connectivity index (χ1n) is 11.0. The van der Waals surface area contributed by atoms with Crippen molar-refractivity contribution in [3.63, 3.8) is 0 Å². The molecule has 1 aromatic heterocycles. The SMILES string of the molecule is Cc1cccc(NP2(=O)c3c(C)nn(-c4ccccc4)c3N=C(c3ccccc3F)N2C)c1C. The summed E-state index contributed by atoms with van der Waals surface area (Å²) in [7, 11) is -1.85. The van der Waals surface area contributed by atoms with E-state index in [0.717, 1.165) is 22.5 Å². The lowest BCUT2D eigenvalue weighted by Gasteiger charge is -2.35. The van der Waals surface area contributed by atoms with E-state index in [1.807, 2.05) is 69.3 Å². The zero-order chi connectivity index (χ0) is 24.0. The molecule has 0 saturated carbocycles. The lowest BCUT2D eigenvalue weighted by Crippen LogP contribution is -2.37. The van der Waals surface area contributed by atoms with Crippen molar-refractivity contribution in [2.24, 2.45) is 4.99 Å². The van der Waals surface area contributed by atoms with Crippen LogP contribution < -0.4 is 10.4 Å². The number of amidine groups is 1. The Balaban J connectivity index is 1.78. The molecule has 5 rings (SSSR count). The largest absolute Gasteiger partial charge is 0.316 e. The minimum Gasteiger partial charge on any atom is -0.316 e. The van der Waals surface area contributed by atoms with E-state index in [-0.39, 0.29) is 11.4 Å². The van der Waals surface area contributed by atoms with E-state index in [1.54, 1.807) is 34.6 Å². The summed E-state index contributed by atoms with van der Waals surface area (Å²) >= 11 is 0. The molecular formula is C26H25FN5OP. The average molecular weight is 473 g/mol. The molecule has 8 heteroatoms. The number of fused-ring (bicyclic) bond motifs is 1. The summed E-state index contributed by atoms with van der Waals surface area (Å²) in [5, 5.41) is 8.54. The number of hydrogen-bond acceptors (Lipinski definition) is 3. The Bertz CT molecular complexity index is 1480. The Morgan fingerprint density at radius 2 is 1.62 bits per heavy atom. The van der Waals surface area contributed by atoms with Crippen molar-refractivity contribution in [1.29, 1.82) is 0 Å². The first-order chi connectivity index (χ1) is 16.3. The summed E-state index contributed by atoms with van der Waals surface area (Å²) < 4.78 is 33.1. The number of hydrogen-bond donors (Lipinski definition) is 1. The molecule has 0 bridgehead atoms. The van der Waals surface area contributed by atoms with E-state index in [4.69, 9.17) is 10.1 Å². The molecule has 1 N–H and O–H groups in total. The number of nitrogens with one attached hydrogen (secondary N) is 1. The molecule has 0 fully saturated rings. The molecule has 4 aromatic rings. The average Bonchev–Trinajstić information content (AvgIpc) is 3.17. The topological polar surface area (TPSA) is 62.5 Å². The van der Waals surface area contributed by atoms with E-state index >= 15 is 0 Å². The second-order valence-corrected chi connectivity index (χ2v) is 10.8. The molecule has 0 saturated heterocycles. The number of aliphatic imine (C=N–C) groups is 1. The van der Waals surface area contributed by atoms with E-state index in [2.05, 4.69) is 5.09 Å². The minimum atomic E-state index is -3.54. The Labute approximate surface area is 198 Å². The van der Waals surface area contributed by atoms with Gasteiger partial charge in [0.25, 0.3) is 7.44 Å². The Kier molecular flexibility index (Phi) is 5.37. The third-order valence-electron chi connectivity index (χ3n) is 6.24. The van der Waals surface area contributed by atoms with Gasteiger partial charge in [0.15, 0.2) is 5.82 Å². The van der Waals surface area contributed by atoms with Crippen molar-refractivity contribution in [3.8, 4) is 5.69 Å². The van der Waals surface area contributed by atoms with Crippen LogP contribution in [0.4, 0.5) is 15.9 Å². The molecule has 2 heterocycles. The van der Waals surface area contributed by atoms with Gasteiger partial charge in [0.1, 0.15) is 17.0 Å². The fourth-order valence-electron chi connectivity index (χ4n) is 4.21. The molecular weight excluding hydrogens is 448 g/mol. The summed E-state index contributed by atoms with van der Waals surface area (Å²) in [6.45, 7) is 5.82. The van der Waals surface area contributed by atoms with Gasteiger partial charge in [0.2, 0.25) is 0 Å². The van der Waals surface area contributed by atoms with Gasteiger partial charge in [-0.05, 0) is 62.2 Å². The predicted octanol–water partition coefficient (Wildman–Crippen LogP) is 5.89. The van der Waals surface area contributed by atoms with E-state index in [9.17, 15) is 8.96 Å². The second kappa shape index (κ2) is 8.26. The van der Waals surface area contributed by atoms with Crippen LogP contribution in [0.1, 0.15) is 22.4 Å². The molecule has 3 aromatic carbocycles. The van der Waals surface area contributed by atoms with Crippen LogP contribution >= 0.6 is 7.44 Å². The van der Waals surface area contributed by atoms with Crippen LogP contribution in [0, 0.1) is 26.6 Å². The molecule has 0 radical (unpaired) electrons. The number of para-hydroxylation sites is 1. The van der Waals surface area contributed by atoms with E-state index < -0.39 is 13.3 Å². The van der Waals surface area contributed by atoms with Crippen molar-refractivity contribution in [3.05, 3.63) is 101 Å². The van der Waals surface area contributed by atoms with E-state index in [0.29, 0.717) is 16.8 Å². The fraction of sp³-hybridized carbons (Fsp3) is 0.154. The van der Waals surface area contributed by atoms with Gasteiger partial charge in [0, 0.05) is 12.7 Å². The van der Waals surface area contributed by atoms with Crippen LogP contribution in [0.25, 0.3) is 5.69 Å².